The molecule has 0 amide bonds. The van der Waals surface area contributed by atoms with Gasteiger partial charge in [0.15, 0.2) is 0 Å². The second-order valence-electron chi connectivity index (χ2n) is 3.41. The fourth-order valence-corrected chi connectivity index (χ4v) is 1.27. The van der Waals surface area contributed by atoms with Gasteiger partial charge in [0.2, 0.25) is 0 Å². The van der Waals surface area contributed by atoms with Crippen LogP contribution in [0.3, 0.4) is 0 Å². The van der Waals surface area contributed by atoms with Gasteiger partial charge in [-0.25, -0.2) is 0 Å². The first-order chi connectivity index (χ1) is 6.09. The van der Waals surface area contributed by atoms with Crippen molar-refractivity contribution in [1.82, 2.24) is 0 Å². The Hall–Kier alpha value is -1.08. The molecule has 0 aliphatic carbocycles. The lowest BCUT2D eigenvalue weighted by molar-refractivity contribution is 0.0973. The Labute approximate surface area is 79.7 Å². The summed E-state index contributed by atoms with van der Waals surface area (Å²) in [6.45, 7) is 5.69. The van der Waals surface area contributed by atoms with E-state index in [2.05, 4.69) is 0 Å². The van der Waals surface area contributed by atoms with Crippen LogP contribution in [-0.2, 0) is 5.60 Å². The highest BCUT2D eigenvalue weighted by atomic mass is 16.3. The van der Waals surface area contributed by atoms with Crippen LogP contribution in [0.5, 0.6) is 0 Å². The maximum Gasteiger partial charge on any atom is 0.108 e. The fraction of sp³-hybridized carbons (Fsp3) is 0.333. The Morgan fingerprint density at radius 1 is 1.31 bits per heavy atom. The molecule has 1 aromatic carbocycles. The van der Waals surface area contributed by atoms with E-state index in [9.17, 15) is 5.11 Å². The molecule has 0 aliphatic heterocycles. The van der Waals surface area contributed by atoms with Gasteiger partial charge in [0.1, 0.15) is 5.60 Å². The molecule has 0 aliphatic rings. The van der Waals surface area contributed by atoms with Gasteiger partial charge in [-0.3, -0.25) is 0 Å². The highest BCUT2D eigenvalue weighted by molar-refractivity contribution is 5.30. The average Bonchev–Trinajstić information content (AvgIpc) is 2.18. The number of hydrogen-bond acceptors (Lipinski definition) is 1. The molecule has 0 fully saturated rings. The Bertz CT molecular complexity index is 296. The number of hydrogen-bond donors (Lipinski definition) is 1. The first-order valence-electron chi connectivity index (χ1n) is 4.50. The van der Waals surface area contributed by atoms with Crippen molar-refractivity contribution in [3.63, 3.8) is 0 Å². The van der Waals surface area contributed by atoms with Crippen LogP contribution in [0.1, 0.15) is 26.3 Å². The molecule has 1 unspecified atom stereocenters. The van der Waals surface area contributed by atoms with Gasteiger partial charge < -0.3 is 5.11 Å². The summed E-state index contributed by atoms with van der Waals surface area (Å²) in [7, 11) is 0. The van der Waals surface area contributed by atoms with Gasteiger partial charge in [-0.2, -0.15) is 0 Å². The Balaban J connectivity index is 3.08. The van der Waals surface area contributed by atoms with Crippen LogP contribution >= 0.6 is 0 Å². The van der Waals surface area contributed by atoms with Crippen LogP contribution in [0.15, 0.2) is 42.0 Å². The minimum absolute atomic E-state index is 0.837. The van der Waals surface area contributed by atoms with E-state index in [4.69, 9.17) is 0 Å². The quantitative estimate of drug-likeness (QED) is 0.687. The summed E-state index contributed by atoms with van der Waals surface area (Å²) in [6.07, 6.45) is 1.94. The van der Waals surface area contributed by atoms with E-state index in [1.54, 1.807) is 0 Å². The molecule has 0 aromatic heterocycles. The van der Waals surface area contributed by atoms with Crippen LogP contribution in [0.4, 0.5) is 0 Å². The van der Waals surface area contributed by atoms with Gasteiger partial charge in [-0.05, 0) is 31.9 Å². The topological polar surface area (TPSA) is 20.2 Å². The number of benzene rings is 1. The summed E-state index contributed by atoms with van der Waals surface area (Å²) in [5.41, 5.74) is 1.07. The maximum atomic E-state index is 10.2. The molecular weight excluding hydrogens is 160 g/mol. The van der Waals surface area contributed by atoms with E-state index in [0.717, 1.165) is 11.1 Å². The summed E-state index contributed by atoms with van der Waals surface area (Å²) in [6, 6.07) is 9.70. The summed E-state index contributed by atoms with van der Waals surface area (Å²) in [5.74, 6) is 0. The van der Waals surface area contributed by atoms with Crippen LogP contribution in [0.25, 0.3) is 0 Å². The third-order valence-corrected chi connectivity index (χ3v) is 2.54. The van der Waals surface area contributed by atoms with E-state index in [-0.39, 0.29) is 0 Å². The number of rotatable bonds is 2. The predicted molar refractivity (Wildman–Crippen MR) is 55.4 cm³/mol. The molecule has 0 spiro atoms. The highest BCUT2D eigenvalue weighted by Gasteiger charge is 2.23. The zero-order valence-corrected chi connectivity index (χ0v) is 8.41. The van der Waals surface area contributed by atoms with Crippen LogP contribution < -0.4 is 0 Å². The standard InChI is InChI=1S/C12H16O/c1-4-10(2)12(3,13)11-8-6-5-7-9-11/h4-9,13H,1-3H3/b10-4+. The van der Waals surface area contributed by atoms with Gasteiger partial charge in [0.05, 0.1) is 0 Å². The van der Waals surface area contributed by atoms with Gasteiger partial charge in [-0.15, -0.1) is 0 Å². The first-order valence-corrected chi connectivity index (χ1v) is 4.50. The molecule has 0 saturated carbocycles. The van der Waals surface area contributed by atoms with Crippen molar-refractivity contribution in [2.45, 2.75) is 26.4 Å². The van der Waals surface area contributed by atoms with Crippen molar-refractivity contribution in [2.24, 2.45) is 0 Å². The number of aliphatic hydroxyl groups is 1. The van der Waals surface area contributed by atoms with Gasteiger partial charge in [-0.1, -0.05) is 36.4 Å². The smallest absolute Gasteiger partial charge is 0.108 e. The summed E-state index contributed by atoms with van der Waals surface area (Å²) in [4.78, 5) is 0. The zero-order chi connectivity index (χ0) is 9.90. The Morgan fingerprint density at radius 2 is 1.85 bits per heavy atom. The summed E-state index contributed by atoms with van der Waals surface area (Å²) >= 11 is 0. The Morgan fingerprint density at radius 3 is 2.31 bits per heavy atom. The van der Waals surface area contributed by atoms with E-state index in [0.29, 0.717) is 0 Å². The van der Waals surface area contributed by atoms with Crippen molar-refractivity contribution in [2.75, 3.05) is 0 Å². The Kier molecular flexibility index (Phi) is 2.89. The monoisotopic (exact) mass is 176 g/mol. The van der Waals surface area contributed by atoms with E-state index >= 15 is 0 Å². The predicted octanol–water partition coefficient (Wildman–Crippen LogP) is 2.86. The lowest BCUT2D eigenvalue weighted by Gasteiger charge is -2.24. The van der Waals surface area contributed by atoms with Crippen molar-refractivity contribution in [1.29, 1.82) is 0 Å². The molecular formula is C12H16O. The molecule has 13 heavy (non-hydrogen) atoms. The number of allylic oxidation sites excluding steroid dienone is 1. The lowest BCUT2D eigenvalue weighted by Crippen LogP contribution is -2.22. The van der Waals surface area contributed by atoms with Crippen molar-refractivity contribution in [3.8, 4) is 0 Å². The summed E-state index contributed by atoms with van der Waals surface area (Å²) in [5, 5.41) is 10.2. The zero-order valence-electron chi connectivity index (χ0n) is 8.41. The van der Waals surface area contributed by atoms with Gasteiger partial charge in [0.25, 0.3) is 0 Å². The van der Waals surface area contributed by atoms with Crippen LogP contribution in [0.2, 0.25) is 0 Å². The van der Waals surface area contributed by atoms with E-state index in [1.165, 1.54) is 0 Å². The minimum atomic E-state index is -0.837. The molecule has 0 saturated heterocycles. The van der Waals surface area contributed by atoms with Crippen LogP contribution in [0, 0.1) is 0 Å². The molecule has 1 aromatic rings. The van der Waals surface area contributed by atoms with E-state index in [1.807, 2.05) is 57.2 Å². The molecule has 0 radical (unpaired) electrons. The molecule has 1 rings (SSSR count). The lowest BCUT2D eigenvalue weighted by atomic mass is 9.89. The SMILES string of the molecule is C/C=C(\C)C(C)(O)c1ccccc1. The minimum Gasteiger partial charge on any atom is -0.381 e. The third-order valence-electron chi connectivity index (χ3n) is 2.54. The maximum absolute atomic E-state index is 10.2. The van der Waals surface area contributed by atoms with Crippen molar-refractivity contribution < 1.29 is 5.11 Å². The first kappa shape index (κ1) is 10.0. The fourth-order valence-electron chi connectivity index (χ4n) is 1.27. The van der Waals surface area contributed by atoms with Crippen molar-refractivity contribution in [3.05, 3.63) is 47.5 Å². The highest BCUT2D eigenvalue weighted by Crippen LogP contribution is 2.27. The molecule has 0 bridgehead atoms. The second kappa shape index (κ2) is 3.75. The molecule has 1 N–H and O–H groups in total. The molecule has 0 heterocycles. The van der Waals surface area contributed by atoms with Gasteiger partial charge >= 0.3 is 0 Å². The normalized spacial score (nSPS) is 16.8. The summed E-state index contributed by atoms with van der Waals surface area (Å²) < 4.78 is 0. The third kappa shape index (κ3) is 1.99. The molecule has 1 nitrogen and oxygen atoms in total. The van der Waals surface area contributed by atoms with Gasteiger partial charge in [0, 0.05) is 0 Å². The molecule has 1 heteroatoms. The average molecular weight is 176 g/mol. The van der Waals surface area contributed by atoms with Crippen LogP contribution in [-0.4, -0.2) is 5.11 Å². The van der Waals surface area contributed by atoms with E-state index < -0.39 is 5.60 Å². The molecule has 1 atom stereocenters. The second-order valence-corrected chi connectivity index (χ2v) is 3.41. The molecule has 70 valence electrons. The largest absolute Gasteiger partial charge is 0.381 e. The van der Waals surface area contributed by atoms with Crippen molar-refractivity contribution >= 4 is 0 Å².